The summed E-state index contributed by atoms with van der Waals surface area (Å²) in [7, 11) is 0. The standard InChI is InChI=1S/C16H19N5OS/c17-10-12-6-8-13(9-7-12)15(22)11-23-16-18-19-20-21(16)14-4-2-1-3-5-14/h6-9,14-15,22H,1-5,11H2. The van der Waals surface area contributed by atoms with Crippen LogP contribution in [0.5, 0.6) is 0 Å². The lowest BCUT2D eigenvalue weighted by molar-refractivity contribution is 0.204. The summed E-state index contributed by atoms with van der Waals surface area (Å²) in [4.78, 5) is 0. The fourth-order valence-electron chi connectivity index (χ4n) is 2.86. The van der Waals surface area contributed by atoms with Crippen LogP contribution >= 0.6 is 11.8 Å². The number of hydrogen-bond acceptors (Lipinski definition) is 6. The van der Waals surface area contributed by atoms with Gasteiger partial charge in [-0.25, -0.2) is 4.68 Å². The molecule has 6 nitrogen and oxygen atoms in total. The van der Waals surface area contributed by atoms with Crippen molar-refractivity contribution in [1.29, 1.82) is 5.26 Å². The first kappa shape index (κ1) is 16.0. The van der Waals surface area contributed by atoms with Gasteiger partial charge in [0, 0.05) is 5.75 Å². The average molecular weight is 329 g/mol. The first-order chi connectivity index (χ1) is 11.3. The largest absolute Gasteiger partial charge is 0.388 e. The molecule has 1 aromatic carbocycles. The van der Waals surface area contributed by atoms with Gasteiger partial charge in [-0.05, 0) is 41.0 Å². The number of aromatic nitrogens is 4. The van der Waals surface area contributed by atoms with Crippen LogP contribution in [0.3, 0.4) is 0 Å². The molecule has 1 saturated carbocycles. The Morgan fingerprint density at radius 2 is 2.00 bits per heavy atom. The molecule has 3 rings (SSSR count). The Morgan fingerprint density at radius 3 is 2.70 bits per heavy atom. The summed E-state index contributed by atoms with van der Waals surface area (Å²) in [6, 6.07) is 9.46. The minimum atomic E-state index is -0.607. The number of hydrogen-bond donors (Lipinski definition) is 1. The molecule has 23 heavy (non-hydrogen) atoms. The van der Waals surface area contributed by atoms with E-state index < -0.39 is 6.10 Å². The Balaban J connectivity index is 1.61. The lowest BCUT2D eigenvalue weighted by atomic mass is 9.96. The Morgan fingerprint density at radius 1 is 1.26 bits per heavy atom. The van der Waals surface area contributed by atoms with Crippen molar-refractivity contribution >= 4 is 11.8 Å². The van der Waals surface area contributed by atoms with Crippen LogP contribution in [0.2, 0.25) is 0 Å². The summed E-state index contributed by atoms with van der Waals surface area (Å²) in [5, 5.41) is 31.9. The molecule has 1 N–H and O–H groups in total. The SMILES string of the molecule is N#Cc1ccc(C(O)CSc2nnnn2C2CCCCC2)cc1. The monoisotopic (exact) mass is 329 g/mol. The molecule has 0 radical (unpaired) electrons. The first-order valence-electron chi connectivity index (χ1n) is 7.86. The van der Waals surface area contributed by atoms with E-state index in [1.165, 1.54) is 31.0 Å². The van der Waals surface area contributed by atoms with Gasteiger partial charge < -0.3 is 5.11 Å². The van der Waals surface area contributed by atoms with Crippen molar-refractivity contribution in [1.82, 2.24) is 20.2 Å². The van der Waals surface area contributed by atoms with Crippen molar-refractivity contribution in [3.63, 3.8) is 0 Å². The summed E-state index contributed by atoms with van der Waals surface area (Å²) in [5.74, 6) is 0.485. The summed E-state index contributed by atoms with van der Waals surface area (Å²) < 4.78 is 1.91. The van der Waals surface area contributed by atoms with Crippen LogP contribution < -0.4 is 0 Å². The lowest BCUT2D eigenvalue weighted by Gasteiger charge is -2.22. The van der Waals surface area contributed by atoms with Crippen molar-refractivity contribution < 1.29 is 5.11 Å². The Labute approximate surface area is 139 Å². The second-order valence-electron chi connectivity index (χ2n) is 5.76. The lowest BCUT2D eigenvalue weighted by Crippen LogP contribution is -2.15. The zero-order chi connectivity index (χ0) is 16.1. The molecule has 1 unspecified atom stereocenters. The van der Waals surface area contributed by atoms with Crippen LogP contribution in [0.15, 0.2) is 29.4 Å². The molecular formula is C16H19N5OS. The predicted molar refractivity (Wildman–Crippen MR) is 86.8 cm³/mol. The number of nitrogens with zero attached hydrogens (tertiary/aromatic N) is 5. The zero-order valence-corrected chi connectivity index (χ0v) is 13.6. The van der Waals surface area contributed by atoms with Gasteiger partial charge in [-0.3, -0.25) is 0 Å². The highest BCUT2D eigenvalue weighted by Crippen LogP contribution is 2.31. The highest BCUT2D eigenvalue weighted by atomic mass is 32.2. The van der Waals surface area contributed by atoms with Crippen LogP contribution in [0.1, 0.15) is 55.4 Å². The van der Waals surface area contributed by atoms with E-state index in [0.29, 0.717) is 17.4 Å². The molecule has 2 aromatic rings. The summed E-state index contributed by atoms with van der Waals surface area (Å²) >= 11 is 1.47. The molecule has 1 heterocycles. The van der Waals surface area contributed by atoms with Gasteiger partial charge >= 0.3 is 0 Å². The van der Waals surface area contributed by atoms with Gasteiger partial charge in [-0.15, -0.1) is 5.10 Å². The smallest absolute Gasteiger partial charge is 0.209 e. The molecule has 1 aliphatic rings. The van der Waals surface area contributed by atoms with Gasteiger partial charge in [-0.1, -0.05) is 43.2 Å². The molecular weight excluding hydrogens is 310 g/mol. The summed E-state index contributed by atoms with van der Waals surface area (Å²) in [6.45, 7) is 0. The number of aliphatic hydroxyl groups excluding tert-OH is 1. The topological polar surface area (TPSA) is 87.6 Å². The first-order valence-corrected chi connectivity index (χ1v) is 8.85. The van der Waals surface area contributed by atoms with Gasteiger partial charge in [0.2, 0.25) is 5.16 Å². The molecule has 0 saturated heterocycles. The molecule has 0 amide bonds. The van der Waals surface area contributed by atoms with Crippen molar-refractivity contribution in [3.05, 3.63) is 35.4 Å². The van der Waals surface area contributed by atoms with Crippen LogP contribution in [0.25, 0.3) is 0 Å². The highest BCUT2D eigenvalue weighted by molar-refractivity contribution is 7.99. The fraction of sp³-hybridized carbons (Fsp3) is 0.500. The minimum Gasteiger partial charge on any atom is -0.388 e. The Hall–Kier alpha value is -1.91. The van der Waals surface area contributed by atoms with Gasteiger partial charge in [0.1, 0.15) is 0 Å². The maximum absolute atomic E-state index is 10.3. The minimum absolute atomic E-state index is 0.383. The summed E-state index contributed by atoms with van der Waals surface area (Å²) in [5.41, 5.74) is 1.39. The van der Waals surface area contributed by atoms with Gasteiger partial charge in [0.15, 0.2) is 0 Å². The second kappa shape index (κ2) is 7.57. The van der Waals surface area contributed by atoms with Gasteiger partial charge in [0.25, 0.3) is 0 Å². The number of thioether (sulfide) groups is 1. The number of benzene rings is 1. The molecule has 1 aromatic heterocycles. The molecule has 1 fully saturated rings. The van der Waals surface area contributed by atoms with Crippen molar-refractivity contribution in [2.24, 2.45) is 0 Å². The number of tetrazole rings is 1. The quantitative estimate of drug-likeness (QED) is 0.849. The van der Waals surface area contributed by atoms with E-state index in [4.69, 9.17) is 5.26 Å². The van der Waals surface area contributed by atoms with Crippen LogP contribution in [-0.4, -0.2) is 31.1 Å². The van der Waals surface area contributed by atoms with E-state index in [1.807, 2.05) is 4.68 Å². The second-order valence-corrected chi connectivity index (χ2v) is 6.75. The van der Waals surface area contributed by atoms with Crippen molar-refractivity contribution in [3.8, 4) is 6.07 Å². The number of rotatable bonds is 5. The van der Waals surface area contributed by atoms with E-state index in [9.17, 15) is 5.11 Å². The fourth-order valence-corrected chi connectivity index (χ4v) is 3.78. The van der Waals surface area contributed by atoms with E-state index in [2.05, 4.69) is 21.6 Å². The number of aliphatic hydroxyl groups is 1. The third kappa shape index (κ3) is 3.89. The molecule has 7 heteroatoms. The normalized spacial score (nSPS) is 16.9. The molecule has 0 spiro atoms. The van der Waals surface area contributed by atoms with E-state index in [-0.39, 0.29) is 0 Å². The molecule has 0 aliphatic heterocycles. The third-order valence-corrected chi connectivity index (χ3v) is 5.19. The maximum Gasteiger partial charge on any atom is 0.209 e. The van der Waals surface area contributed by atoms with E-state index in [1.54, 1.807) is 24.3 Å². The third-order valence-electron chi connectivity index (χ3n) is 4.18. The average Bonchev–Trinajstić information content (AvgIpc) is 3.09. The van der Waals surface area contributed by atoms with E-state index in [0.717, 1.165) is 23.6 Å². The number of nitriles is 1. The van der Waals surface area contributed by atoms with E-state index >= 15 is 0 Å². The highest BCUT2D eigenvalue weighted by Gasteiger charge is 2.21. The molecule has 0 bridgehead atoms. The molecule has 120 valence electrons. The maximum atomic E-state index is 10.3. The Kier molecular flexibility index (Phi) is 5.26. The predicted octanol–water partition coefficient (Wildman–Crippen LogP) is 2.88. The van der Waals surface area contributed by atoms with Crippen molar-refractivity contribution in [2.45, 2.75) is 49.4 Å². The van der Waals surface area contributed by atoms with Crippen LogP contribution in [-0.2, 0) is 0 Å². The van der Waals surface area contributed by atoms with Crippen LogP contribution in [0, 0.1) is 11.3 Å². The van der Waals surface area contributed by atoms with Crippen molar-refractivity contribution in [2.75, 3.05) is 5.75 Å². The molecule has 1 aliphatic carbocycles. The Bertz CT molecular complexity index is 673. The summed E-state index contributed by atoms with van der Waals surface area (Å²) in [6.07, 6.45) is 5.38. The molecule has 1 atom stereocenters. The van der Waals surface area contributed by atoms with Crippen LogP contribution in [0.4, 0.5) is 0 Å². The van der Waals surface area contributed by atoms with Gasteiger partial charge in [0.05, 0.1) is 23.8 Å². The zero-order valence-electron chi connectivity index (χ0n) is 12.8. The van der Waals surface area contributed by atoms with Gasteiger partial charge in [-0.2, -0.15) is 5.26 Å².